The predicted octanol–water partition coefficient (Wildman–Crippen LogP) is 2.31. The first-order valence-electron chi connectivity index (χ1n) is 5.34. The van der Waals surface area contributed by atoms with Crippen molar-refractivity contribution in [1.82, 2.24) is 5.32 Å². The van der Waals surface area contributed by atoms with E-state index in [1.54, 1.807) is 12.1 Å². The van der Waals surface area contributed by atoms with E-state index in [1.165, 1.54) is 6.07 Å². The summed E-state index contributed by atoms with van der Waals surface area (Å²) < 4.78 is 14.2. The van der Waals surface area contributed by atoms with E-state index in [-0.39, 0.29) is 23.9 Å². The lowest BCUT2D eigenvalue weighted by Gasteiger charge is -2.08. The molecule has 1 aromatic rings. The first kappa shape index (κ1) is 11.7. The van der Waals surface area contributed by atoms with E-state index in [1.807, 2.05) is 0 Å². The Kier molecular flexibility index (Phi) is 3.71. The lowest BCUT2D eigenvalue weighted by atomic mass is 9.97. The van der Waals surface area contributed by atoms with Gasteiger partial charge in [-0.25, -0.2) is 4.39 Å². The summed E-state index contributed by atoms with van der Waals surface area (Å²) in [6.07, 6.45) is 1.06. The molecule has 1 N–H and O–H groups in total. The van der Waals surface area contributed by atoms with Crippen LogP contribution in [0.5, 0.6) is 0 Å². The Hall–Kier alpha value is -0.740. The smallest absolute Gasteiger partial charge is 0.141 e. The summed E-state index contributed by atoms with van der Waals surface area (Å²) in [6.45, 7) is 1.62. The Labute approximate surface area is 102 Å². The number of halogens is 2. The molecule has 0 spiro atoms. The first-order chi connectivity index (χ1) is 7.66. The minimum absolute atomic E-state index is 0.0541. The van der Waals surface area contributed by atoms with E-state index < -0.39 is 0 Å². The van der Waals surface area contributed by atoms with Crippen LogP contribution in [0, 0.1) is 11.7 Å². The number of Topliss-reactive ketones (excluding diaryl/α,β-unsaturated/α-hetero) is 1. The van der Waals surface area contributed by atoms with E-state index in [0.717, 1.165) is 24.0 Å². The molecule has 1 atom stereocenters. The standard InChI is InChI=1S/C12H13BrFNO/c13-10-1-2-11(14)9(5-10)6-12(16)8-3-4-15-7-8/h1-2,5,8,15H,3-4,6-7H2. The Morgan fingerprint density at radius 1 is 1.56 bits per heavy atom. The zero-order valence-corrected chi connectivity index (χ0v) is 10.4. The van der Waals surface area contributed by atoms with Gasteiger partial charge in [0.05, 0.1) is 0 Å². The summed E-state index contributed by atoms with van der Waals surface area (Å²) in [7, 11) is 0. The maximum atomic E-state index is 13.4. The average molecular weight is 286 g/mol. The number of rotatable bonds is 3. The van der Waals surface area contributed by atoms with Gasteiger partial charge in [0.1, 0.15) is 11.6 Å². The van der Waals surface area contributed by atoms with Gasteiger partial charge < -0.3 is 5.32 Å². The summed E-state index contributed by atoms with van der Waals surface area (Å²) in [5.41, 5.74) is 0.478. The molecule has 0 amide bonds. The highest BCUT2D eigenvalue weighted by molar-refractivity contribution is 9.10. The van der Waals surface area contributed by atoms with Crippen molar-refractivity contribution in [3.63, 3.8) is 0 Å². The highest BCUT2D eigenvalue weighted by atomic mass is 79.9. The van der Waals surface area contributed by atoms with Crippen LogP contribution in [0.15, 0.2) is 22.7 Å². The van der Waals surface area contributed by atoms with Gasteiger partial charge in [-0.2, -0.15) is 0 Å². The molecule has 0 aliphatic carbocycles. The molecule has 2 rings (SSSR count). The van der Waals surface area contributed by atoms with Gasteiger partial charge in [-0.3, -0.25) is 4.79 Å². The molecule has 1 unspecified atom stereocenters. The third kappa shape index (κ3) is 2.68. The van der Waals surface area contributed by atoms with Crippen molar-refractivity contribution >= 4 is 21.7 Å². The second-order valence-electron chi connectivity index (χ2n) is 4.07. The molecule has 1 heterocycles. The quantitative estimate of drug-likeness (QED) is 0.924. The molecule has 1 aromatic carbocycles. The van der Waals surface area contributed by atoms with Crippen LogP contribution in [0.1, 0.15) is 12.0 Å². The lowest BCUT2D eigenvalue weighted by molar-refractivity contribution is -0.121. The molecule has 1 aliphatic rings. The van der Waals surface area contributed by atoms with Gasteiger partial charge >= 0.3 is 0 Å². The maximum absolute atomic E-state index is 13.4. The molecule has 4 heteroatoms. The fourth-order valence-electron chi connectivity index (χ4n) is 1.94. The van der Waals surface area contributed by atoms with Crippen LogP contribution in [-0.2, 0) is 11.2 Å². The van der Waals surface area contributed by atoms with E-state index >= 15 is 0 Å². The minimum atomic E-state index is -0.303. The van der Waals surface area contributed by atoms with Crippen LogP contribution in [0.3, 0.4) is 0 Å². The molecule has 0 aromatic heterocycles. The summed E-state index contributed by atoms with van der Waals surface area (Å²) in [5, 5.41) is 3.14. The average Bonchev–Trinajstić information content (AvgIpc) is 2.76. The highest BCUT2D eigenvalue weighted by Crippen LogP contribution is 2.19. The zero-order chi connectivity index (χ0) is 11.5. The normalized spacial score (nSPS) is 20.0. The van der Waals surface area contributed by atoms with Crippen LogP contribution in [0.25, 0.3) is 0 Å². The van der Waals surface area contributed by atoms with Crippen LogP contribution in [0.2, 0.25) is 0 Å². The molecule has 86 valence electrons. The second kappa shape index (κ2) is 5.06. The third-order valence-electron chi connectivity index (χ3n) is 2.89. The van der Waals surface area contributed by atoms with E-state index in [0.29, 0.717) is 5.56 Å². The molecule has 0 bridgehead atoms. The van der Waals surface area contributed by atoms with Crippen molar-refractivity contribution in [2.45, 2.75) is 12.8 Å². The van der Waals surface area contributed by atoms with Crippen molar-refractivity contribution < 1.29 is 9.18 Å². The van der Waals surface area contributed by atoms with Gasteiger partial charge in [-0.15, -0.1) is 0 Å². The van der Waals surface area contributed by atoms with E-state index in [9.17, 15) is 9.18 Å². The summed E-state index contributed by atoms with van der Waals surface area (Å²) in [6, 6.07) is 4.70. The predicted molar refractivity (Wildman–Crippen MR) is 63.8 cm³/mol. The monoisotopic (exact) mass is 285 g/mol. The fourth-order valence-corrected chi connectivity index (χ4v) is 2.35. The Morgan fingerprint density at radius 3 is 3.06 bits per heavy atom. The van der Waals surface area contributed by atoms with Crippen LogP contribution >= 0.6 is 15.9 Å². The van der Waals surface area contributed by atoms with Crippen LogP contribution in [0.4, 0.5) is 4.39 Å². The Bertz CT molecular complexity index is 402. The first-order valence-corrected chi connectivity index (χ1v) is 6.13. The van der Waals surface area contributed by atoms with Gasteiger partial charge in [0.25, 0.3) is 0 Å². The number of ketones is 1. The molecule has 1 saturated heterocycles. The largest absolute Gasteiger partial charge is 0.316 e. The van der Waals surface area contributed by atoms with Crippen LogP contribution in [-0.4, -0.2) is 18.9 Å². The van der Waals surface area contributed by atoms with Crippen molar-refractivity contribution in [1.29, 1.82) is 0 Å². The molecule has 0 saturated carbocycles. The van der Waals surface area contributed by atoms with E-state index in [2.05, 4.69) is 21.2 Å². The number of nitrogens with one attached hydrogen (secondary N) is 1. The number of hydrogen-bond donors (Lipinski definition) is 1. The van der Waals surface area contributed by atoms with Crippen LogP contribution < -0.4 is 5.32 Å². The van der Waals surface area contributed by atoms with Crippen molar-refractivity contribution in [3.05, 3.63) is 34.1 Å². The lowest BCUT2D eigenvalue weighted by Crippen LogP contribution is -2.20. The Morgan fingerprint density at radius 2 is 2.38 bits per heavy atom. The Balaban J connectivity index is 2.07. The molecular formula is C12H13BrFNO. The SMILES string of the molecule is O=C(Cc1cc(Br)ccc1F)C1CCNC1. The van der Waals surface area contributed by atoms with E-state index in [4.69, 9.17) is 0 Å². The molecule has 2 nitrogen and oxygen atoms in total. The molecule has 16 heavy (non-hydrogen) atoms. The maximum Gasteiger partial charge on any atom is 0.141 e. The number of carbonyl (C=O) groups excluding carboxylic acids is 1. The zero-order valence-electron chi connectivity index (χ0n) is 8.80. The van der Waals surface area contributed by atoms with Gasteiger partial charge in [0, 0.05) is 23.4 Å². The molecule has 1 fully saturated rings. The van der Waals surface area contributed by atoms with Gasteiger partial charge in [-0.05, 0) is 36.7 Å². The van der Waals surface area contributed by atoms with Crippen molar-refractivity contribution in [2.24, 2.45) is 5.92 Å². The molecule has 0 radical (unpaired) electrons. The number of hydrogen-bond acceptors (Lipinski definition) is 2. The minimum Gasteiger partial charge on any atom is -0.316 e. The third-order valence-corrected chi connectivity index (χ3v) is 3.38. The summed E-state index contributed by atoms with van der Waals surface area (Å²) >= 11 is 3.28. The number of benzene rings is 1. The summed E-state index contributed by atoms with van der Waals surface area (Å²) in [5.74, 6) is -0.122. The molecular weight excluding hydrogens is 273 g/mol. The van der Waals surface area contributed by atoms with Crippen molar-refractivity contribution in [2.75, 3.05) is 13.1 Å². The fraction of sp³-hybridized carbons (Fsp3) is 0.417. The number of carbonyl (C=O) groups is 1. The molecule has 1 aliphatic heterocycles. The second-order valence-corrected chi connectivity index (χ2v) is 4.98. The van der Waals surface area contributed by atoms with Crippen molar-refractivity contribution in [3.8, 4) is 0 Å². The van der Waals surface area contributed by atoms with Gasteiger partial charge in [-0.1, -0.05) is 15.9 Å². The topological polar surface area (TPSA) is 29.1 Å². The van der Waals surface area contributed by atoms with Gasteiger partial charge in [0.2, 0.25) is 0 Å². The summed E-state index contributed by atoms with van der Waals surface area (Å²) in [4.78, 5) is 11.9. The van der Waals surface area contributed by atoms with Gasteiger partial charge in [0.15, 0.2) is 0 Å². The highest BCUT2D eigenvalue weighted by Gasteiger charge is 2.23.